The molecule has 0 aliphatic heterocycles. The van der Waals surface area contributed by atoms with Crippen LogP contribution in [0.3, 0.4) is 0 Å². The standard InChI is InChI=1S/C25H32N4O2S2/c1-14-9-22(29(2)28-14)27-23(32)11-16-5-8-20-18(10-16)24(25(31)26-13-15-3-4-15)21(33-20)12-19(30)17-6-7-17/h9,15-17H,3-8,10-13H2,1-2H3,(H,26,31)(H,27,32). The topological polar surface area (TPSA) is 76.0 Å². The zero-order valence-electron chi connectivity index (χ0n) is 19.4. The number of thiophene rings is 1. The number of nitrogens with one attached hydrogen (secondary N) is 2. The molecule has 2 aromatic rings. The van der Waals surface area contributed by atoms with E-state index in [0.717, 1.165) is 72.0 Å². The number of aromatic nitrogens is 2. The molecule has 176 valence electrons. The van der Waals surface area contributed by atoms with Gasteiger partial charge in [-0.15, -0.1) is 11.3 Å². The van der Waals surface area contributed by atoms with Crippen LogP contribution in [0.25, 0.3) is 0 Å². The minimum absolute atomic E-state index is 0.0182. The van der Waals surface area contributed by atoms with Crippen LogP contribution in [-0.4, -0.2) is 33.0 Å². The summed E-state index contributed by atoms with van der Waals surface area (Å²) in [7, 11) is 1.91. The Bertz CT molecular complexity index is 1090. The molecule has 2 fully saturated rings. The summed E-state index contributed by atoms with van der Waals surface area (Å²) in [5.41, 5.74) is 2.93. The van der Waals surface area contributed by atoms with Crippen LogP contribution in [-0.2, 0) is 31.1 Å². The quantitative estimate of drug-likeness (QED) is 0.517. The van der Waals surface area contributed by atoms with Gasteiger partial charge in [0.1, 0.15) is 11.6 Å². The molecule has 0 radical (unpaired) electrons. The van der Waals surface area contributed by atoms with Crippen LogP contribution in [0.15, 0.2) is 6.07 Å². The molecule has 2 saturated carbocycles. The lowest BCUT2D eigenvalue weighted by Crippen LogP contribution is -2.28. The maximum atomic E-state index is 13.2. The second-order valence-corrected chi connectivity index (χ2v) is 11.7. The number of carbonyl (C=O) groups excluding carboxylic acids is 2. The number of hydrogen-bond acceptors (Lipinski definition) is 5. The lowest BCUT2D eigenvalue weighted by Gasteiger charge is -2.23. The Balaban J connectivity index is 1.31. The Morgan fingerprint density at radius 2 is 2.00 bits per heavy atom. The molecule has 1 atom stereocenters. The predicted molar refractivity (Wildman–Crippen MR) is 135 cm³/mol. The highest BCUT2D eigenvalue weighted by Crippen LogP contribution is 2.40. The number of amides is 1. The molecule has 3 aliphatic rings. The molecule has 0 spiro atoms. The maximum Gasteiger partial charge on any atom is 0.252 e. The van der Waals surface area contributed by atoms with Crippen molar-refractivity contribution in [3.05, 3.63) is 32.6 Å². The first kappa shape index (κ1) is 22.7. The third-order valence-electron chi connectivity index (χ3n) is 7.02. The molecule has 2 N–H and O–H groups in total. The van der Waals surface area contributed by atoms with Crippen molar-refractivity contribution in [2.24, 2.45) is 24.8 Å². The molecule has 8 heteroatoms. The molecule has 0 aromatic carbocycles. The summed E-state index contributed by atoms with van der Waals surface area (Å²) in [6.07, 6.45) is 8.49. The summed E-state index contributed by atoms with van der Waals surface area (Å²) in [6, 6.07) is 2.00. The minimum Gasteiger partial charge on any atom is -0.352 e. The van der Waals surface area contributed by atoms with Gasteiger partial charge in [0, 0.05) is 48.2 Å². The Morgan fingerprint density at radius 1 is 1.21 bits per heavy atom. The predicted octanol–water partition coefficient (Wildman–Crippen LogP) is 4.39. The SMILES string of the molecule is Cc1cc(NC(=S)CC2CCc3sc(CC(=O)C4CC4)c(C(=O)NCC4CC4)c3C2)n(C)n1. The molecule has 2 heterocycles. The summed E-state index contributed by atoms with van der Waals surface area (Å²) in [4.78, 5) is 28.9. The highest BCUT2D eigenvalue weighted by molar-refractivity contribution is 7.80. The van der Waals surface area contributed by atoms with Crippen LogP contribution < -0.4 is 10.6 Å². The van der Waals surface area contributed by atoms with Crippen LogP contribution in [0.5, 0.6) is 0 Å². The Kier molecular flexibility index (Phi) is 6.40. The molecule has 2 aromatic heterocycles. The fourth-order valence-electron chi connectivity index (χ4n) is 4.81. The van der Waals surface area contributed by atoms with Gasteiger partial charge >= 0.3 is 0 Å². The van der Waals surface area contributed by atoms with Crippen LogP contribution in [0.2, 0.25) is 0 Å². The van der Waals surface area contributed by atoms with Crippen LogP contribution in [0.4, 0.5) is 5.82 Å². The van der Waals surface area contributed by atoms with E-state index in [2.05, 4.69) is 15.7 Å². The number of ketones is 1. The van der Waals surface area contributed by atoms with Crippen molar-refractivity contribution in [3.8, 4) is 0 Å². The molecule has 6 nitrogen and oxygen atoms in total. The van der Waals surface area contributed by atoms with Gasteiger partial charge < -0.3 is 10.6 Å². The van der Waals surface area contributed by atoms with E-state index in [0.29, 0.717) is 24.0 Å². The van der Waals surface area contributed by atoms with Crippen molar-refractivity contribution in [1.82, 2.24) is 15.1 Å². The number of carbonyl (C=O) groups is 2. The van der Waals surface area contributed by atoms with Gasteiger partial charge in [0.15, 0.2) is 0 Å². The van der Waals surface area contributed by atoms with Gasteiger partial charge in [-0.25, -0.2) is 0 Å². The second kappa shape index (κ2) is 9.29. The number of fused-ring (bicyclic) bond motifs is 1. The maximum absolute atomic E-state index is 13.2. The molecule has 0 bridgehead atoms. The molecule has 1 unspecified atom stereocenters. The number of aryl methyl sites for hydroxylation is 3. The average Bonchev–Trinajstić information content (AvgIpc) is 3.68. The van der Waals surface area contributed by atoms with E-state index in [-0.39, 0.29) is 11.8 Å². The van der Waals surface area contributed by atoms with E-state index in [9.17, 15) is 9.59 Å². The number of anilines is 1. The number of rotatable bonds is 9. The van der Waals surface area contributed by atoms with Gasteiger partial charge in [-0.05, 0) is 69.3 Å². The number of nitrogens with zero attached hydrogens (tertiary/aromatic N) is 2. The van der Waals surface area contributed by atoms with E-state index < -0.39 is 0 Å². The van der Waals surface area contributed by atoms with Crippen LogP contribution in [0.1, 0.15) is 69.9 Å². The summed E-state index contributed by atoms with van der Waals surface area (Å²) >= 11 is 7.37. The van der Waals surface area contributed by atoms with Crippen molar-refractivity contribution in [2.45, 2.75) is 64.7 Å². The first-order valence-corrected chi connectivity index (χ1v) is 13.3. The monoisotopic (exact) mass is 484 g/mol. The molecule has 0 saturated heterocycles. The number of thiocarbonyl (C=S) groups is 1. The highest BCUT2D eigenvalue weighted by atomic mass is 32.1. The lowest BCUT2D eigenvalue weighted by molar-refractivity contribution is -0.119. The van der Waals surface area contributed by atoms with E-state index in [1.165, 1.54) is 23.3 Å². The van der Waals surface area contributed by atoms with Gasteiger partial charge in [0.05, 0.1) is 16.2 Å². The van der Waals surface area contributed by atoms with Crippen molar-refractivity contribution in [2.75, 3.05) is 11.9 Å². The third-order valence-corrected chi connectivity index (χ3v) is 8.58. The van der Waals surface area contributed by atoms with Crippen molar-refractivity contribution in [1.29, 1.82) is 0 Å². The van der Waals surface area contributed by atoms with E-state index in [1.807, 2.05) is 24.7 Å². The van der Waals surface area contributed by atoms with Gasteiger partial charge in [0.25, 0.3) is 5.91 Å². The second-order valence-electron chi connectivity index (χ2n) is 10.0. The fraction of sp³-hybridized carbons (Fsp3) is 0.600. The molecular formula is C25H32N4O2S2. The molecule has 1 amide bonds. The molecule has 33 heavy (non-hydrogen) atoms. The van der Waals surface area contributed by atoms with E-state index in [1.54, 1.807) is 11.3 Å². The first-order chi connectivity index (χ1) is 15.9. The van der Waals surface area contributed by atoms with Crippen LogP contribution >= 0.6 is 23.6 Å². The van der Waals surface area contributed by atoms with E-state index in [4.69, 9.17) is 12.2 Å². The lowest BCUT2D eigenvalue weighted by atomic mass is 9.83. The van der Waals surface area contributed by atoms with Crippen molar-refractivity contribution in [3.63, 3.8) is 0 Å². The smallest absolute Gasteiger partial charge is 0.252 e. The number of hydrogen-bond donors (Lipinski definition) is 2. The summed E-state index contributed by atoms with van der Waals surface area (Å²) < 4.78 is 1.81. The van der Waals surface area contributed by atoms with Gasteiger partial charge in [-0.2, -0.15) is 5.10 Å². The van der Waals surface area contributed by atoms with Crippen molar-refractivity contribution < 1.29 is 9.59 Å². The number of Topliss-reactive ketones (excluding diaryl/α,β-unsaturated/α-hetero) is 1. The highest BCUT2D eigenvalue weighted by Gasteiger charge is 2.34. The van der Waals surface area contributed by atoms with Gasteiger partial charge in [0.2, 0.25) is 0 Å². The normalized spacial score (nSPS) is 19.8. The first-order valence-electron chi connectivity index (χ1n) is 12.1. The summed E-state index contributed by atoms with van der Waals surface area (Å²) in [6.45, 7) is 2.72. The zero-order chi connectivity index (χ0) is 23.1. The van der Waals surface area contributed by atoms with Crippen molar-refractivity contribution >= 4 is 46.1 Å². The molecule has 5 rings (SSSR count). The van der Waals surface area contributed by atoms with E-state index >= 15 is 0 Å². The third kappa shape index (κ3) is 5.38. The Labute approximate surface area is 204 Å². The summed E-state index contributed by atoms with van der Waals surface area (Å²) in [5, 5.41) is 10.9. The Hall–Kier alpha value is -2.06. The molecule has 3 aliphatic carbocycles. The largest absolute Gasteiger partial charge is 0.352 e. The summed E-state index contributed by atoms with van der Waals surface area (Å²) in [5.74, 6) is 2.47. The van der Waals surface area contributed by atoms with Gasteiger partial charge in [-0.3, -0.25) is 14.3 Å². The minimum atomic E-state index is 0.0182. The molecular weight excluding hydrogens is 452 g/mol. The van der Waals surface area contributed by atoms with Crippen LogP contribution in [0, 0.1) is 24.7 Å². The fourth-order valence-corrected chi connectivity index (χ4v) is 6.51. The van der Waals surface area contributed by atoms with Gasteiger partial charge in [-0.1, -0.05) is 12.2 Å². The Morgan fingerprint density at radius 3 is 2.67 bits per heavy atom. The zero-order valence-corrected chi connectivity index (χ0v) is 21.0. The average molecular weight is 485 g/mol.